The Morgan fingerprint density at radius 3 is 2.59 bits per heavy atom. The molecule has 4 nitrogen and oxygen atoms in total. The number of hydrogen-bond acceptors (Lipinski definition) is 4. The number of aromatic nitrogens is 1. The molecule has 3 rings (SSSR count). The lowest BCUT2D eigenvalue weighted by atomic mass is 10.1. The average Bonchev–Trinajstić information content (AvgIpc) is 3.16. The van der Waals surface area contributed by atoms with Crippen LogP contribution in [0.3, 0.4) is 0 Å². The summed E-state index contributed by atoms with van der Waals surface area (Å²) < 4.78 is 6.66. The first-order chi connectivity index (χ1) is 13.1. The van der Waals surface area contributed by atoms with E-state index in [0.29, 0.717) is 29.6 Å². The third kappa shape index (κ3) is 4.57. The molecule has 1 amide bonds. The smallest absolute Gasteiger partial charge is 0.263 e. The highest BCUT2D eigenvalue weighted by molar-refractivity contribution is 9.10. The Hall–Kier alpha value is -2.18. The van der Waals surface area contributed by atoms with Crippen molar-refractivity contribution in [3.63, 3.8) is 0 Å². The number of para-hydroxylation sites is 1. The van der Waals surface area contributed by atoms with Crippen LogP contribution >= 0.6 is 27.3 Å². The van der Waals surface area contributed by atoms with Gasteiger partial charge in [-0.3, -0.25) is 9.69 Å². The molecule has 0 aliphatic rings. The molecule has 3 aromatic rings. The van der Waals surface area contributed by atoms with Crippen LogP contribution in [0.15, 0.2) is 58.4 Å². The highest BCUT2D eigenvalue weighted by Gasteiger charge is 2.23. The molecule has 0 fully saturated rings. The number of carbonyl (C=O) groups is 1. The molecule has 0 saturated heterocycles. The van der Waals surface area contributed by atoms with E-state index in [9.17, 15) is 4.79 Å². The predicted molar refractivity (Wildman–Crippen MR) is 115 cm³/mol. The van der Waals surface area contributed by atoms with Crippen molar-refractivity contribution in [2.75, 3.05) is 18.1 Å². The van der Waals surface area contributed by atoms with Gasteiger partial charge in [0.05, 0.1) is 17.9 Å². The number of thiazole rings is 1. The third-order valence-electron chi connectivity index (χ3n) is 3.97. The zero-order valence-corrected chi connectivity index (χ0v) is 17.7. The molecule has 140 valence electrons. The van der Waals surface area contributed by atoms with E-state index >= 15 is 0 Å². The van der Waals surface area contributed by atoms with Crippen molar-refractivity contribution in [3.8, 4) is 17.0 Å². The fourth-order valence-corrected chi connectivity index (χ4v) is 3.84. The van der Waals surface area contributed by atoms with Gasteiger partial charge in [0, 0.05) is 22.0 Å². The molecule has 27 heavy (non-hydrogen) atoms. The second-order valence-electron chi connectivity index (χ2n) is 5.91. The van der Waals surface area contributed by atoms with Gasteiger partial charge in [-0.1, -0.05) is 47.1 Å². The van der Waals surface area contributed by atoms with E-state index in [1.54, 1.807) is 11.0 Å². The normalized spacial score (nSPS) is 10.6. The number of rotatable bonds is 7. The standard InChI is InChI=1S/C21H21BrN2O2S/c1-3-13-24(20(25)17-7-5-6-8-19(17)26-4-2)21-23-18(14-27-21)15-9-11-16(22)12-10-15/h5-12,14H,3-4,13H2,1-2H3. The molecule has 0 N–H and O–H groups in total. The number of carbonyl (C=O) groups excluding carboxylic acids is 1. The molecule has 0 spiro atoms. The molecule has 1 aromatic heterocycles. The SMILES string of the molecule is CCCN(C(=O)c1ccccc1OCC)c1nc(-c2ccc(Br)cc2)cs1. The van der Waals surface area contributed by atoms with Crippen LogP contribution in [0.1, 0.15) is 30.6 Å². The summed E-state index contributed by atoms with van der Waals surface area (Å²) in [6, 6.07) is 15.4. The van der Waals surface area contributed by atoms with Gasteiger partial charge in [0.1, 0.15) is 5.75 Å². The second kappa shape index (κ2) is 9.15. The number of nitrogens with zero attached hydrogens (tertiary/aromatic N) is 2. The van der Waals surface area contributed by atoms with Crippen LogP contribution < -0.4 is 9.64 Å². The van der Waals surface area contributed by atoms with Crippen LogP contribution in [0.4, 0.5) is 5.13 Å². The first-order valence-electron chi connectivity index (χ1n) is 8.89. The Kier molecular flexibility index (Phi) is 6.63. The third-order valence-corrected chi connectivity index (χ3v) is 5.36. The van der Waals surface area contributed by atoms with Gasteiger partial charge >= 0.3 is 0 Å². The topological polar surface area (TPSA) is 42.4 Å². The number of hydrogen-bond donors (Lipinski definition) is 0. The minimum Gasteiger partial charge on any atom is -0.493 e. The summed E-state index contributed by atoms with van der Waals surface area (Å²) in [5.74, 6) is 0.522. The first-order valence-corrected chi connectivity index (χ1v) is 10.6. The molecule has 0 aliphatic heterocycles. The van der Waals surface area contributed by atoms with Crippen LogP contribution in [0.2, 0.25) is 0 Å². The zero-order valence-electron chi connectivity index (χ0n) is 15.3. The number of amides is 1. The van der Waals surface area contributed by atoms with E-state index in [1.807, 2.05) is 54.8 Å². The number of benzene rings is 2. The minimum absolute atomic E-state index is 0.0855. The molecule has 0 bridgehead atoms. The molecule has 0 radical (unpaired) electrons. The Labute approximate surface area is 171 Å². The Balaban J connectivity index is 1.92. The first kappa shape index (κ1) is 19.6. The lowest BCUT2D eigenvalue weighted by Gasteiger charge is -2.20. The Bertz CT molecular complexity index is 909. The maximum absolute atomic E-state index is 13.2. The number of ether oxygens (including phenoxy) is 1. The number of anilines is 1. The zero-order chi connectivity index (χ0) is 19.2. The van der Waals surface area contributed by atoms with Crippen LogP contribution in [0.5, 0.6) is 5.75 Å². The van der Waals surface area contributed by atoms with Gasteiger partial charge in [0.15, 0.2) is 5.13 Å². The summed E-state index contributed by atoms with van der Waals surface area (Å²) >= 11 is 4.93. The average molecular weight is 445 g/mol. The van der Waals surface area contributed by atoms with Crippen LogP contribution in [-0.4, -0.2) is 24.0 Å². The van der Waals surface area contributed by atoms with Crippen molar-refractivity contribution in [2.24, 2.45) is 0 Å². The summed E-state index contributed by atoms with van der Waals surface area (Å²) in [5.41, 5.74) is 2.46. The van der Waals surface area contributed by atoms with Crippen LogP contribution in [0, 0.1) is 0 Å². The molecule has 2 aromatic carbocycles. The lowest BCUT2D eigenvalue weighted by Crippen LogP contribution is -2.32. The summed E-state index contributed by atoms with van der Waals surface area (Å²) in [7, 11) is 0. The van der Waals surface area contributed by atoms with E-state index in [0.717, 1.165) is 22.2 Å². The van der Waals surface area contributed by atoms with Gasteiger partial charge in [-0.05, 0) is 37.6 Å². The molecule has 1 heterocycles. The van der Waals surface area contributed by atoms with E-state index in [-0.39, 0.29) is 5.91 Å². The molecular formula is C21H21BrN2O2S. The lowest BCUT2D eigenvalue weighted by molar-refractivity contribution is 0.0983. The van der Waals surface area contributed by atoms with Crippen molar-refractivity contribution < 1.29 is 9.53 Å². The van der Waals surface area contributed by atoms with Crippen LogP contribution in [0.25, 0.3) is 11.3 Å². The molecule has 0 saturated carbocycles. The fourth-order valence-electron chi connectivity index (χ4n) is 2.72. The molecular weight excluding hydrogens is 424 g/mol. The summed E-state index contributed by atoms with van der Waals surface area (Å²) in [6.45, 7) is 5.09. The van der Waals surface area contributed by atoms with Crippen molar-refractivity contribution in [2.45, 2.75) is 20.3 Å². The second-order valence-corrected chi connectivity index (χ2v) is 7.66. The van der Waals surface area contributed by atoms with Crippen molar-refractivity contribution in [1.29, 1.82) is 0 Å². The van der Waals surface area contributed by atoms with E-state index in [2.05, 4.69) is 22.9 Å². The maximum Gasteiger partial charge on any atom is 0.263 e. The fraction of sp³-hybridized carbons (Fsp3) is 0.238. The van der Waals surface area contributed by atoms with Crippen molar-refractivity contribution in [1.82, 2.24) is 4.98 Å². The number of halogens is 1. The summed E-state index contributed by atoms with van der Waals surface area (Å²) in [4.78, 5) is 19.7. The van der Waals surface area contributed by atoms with Gasteiger partial charge in [-0.15, -0.1) is 11.3 Å². The largest absolute Gasteiger partial charge is 0.493 e. The van der Waals surface area contributed by atoms with Gasteiger partial charge < -0.3 is 4.74 Å². The van der Waals surface area contributed by atoms with Gasteiger partial charge in [0.25, 0.3) is 5.91 Å². The summed E-state index contributed by atoms with van der Waals surface area (Å²) in [6.07, 6.45) is 0.843. The molecule has 0 atom stereocenters. The minimum atomic E-state index is -0.0855. The Morgan fingerprint density at radius 1 is 1.15 bits per heavy atom. The highest BCUT2D eigenvalue weighted by atomic mass is 79.9. The highest BCUT2D eigenvalue weighted by Crippen LogP contribution is 2.30. The van der Waals surface area contributed by atoms with E-state index in [1.165, 1.54) is 11.3 Å². The molecule has 0 unspecified atom stereocenters. The van der Waals surface area contributed by atoms with Gasteiger partial charge in [0.2, 0.25) is 0 Å². The van der Waals surface area contributed by atoms with E-state index < -0.39 is 0 Å². The van der Waals surface area contributed by atoms with Crippen molar-refractivity contribution >= 4 is 38.3 Å². The predicted octanol–water partition coefficient (Wildman–Crippen LogP) is 6.03. The summed E-state index contributed by atoms with van der Waals surface area (Å²) in [5, 5.41) is 2.69. The molecule has 6 heteroatoms. The monoisotopic (exact) mass is 444 g/mol. The quantitative estimate of drug-likeness (QED) is 0.446. The maximum atomic E-state index is 13.2. The van der Waals surface area contributed by atoms with Crippen molar-refractivity contribution in [3.05, 3.63) is 63.9 Å². The van der Waals surface area contributed by atoms with Crippen LogP contribution in [-0.2, 0) is 0 Å². The van der Waals surface area contributed by atoms with E-state index in [4.69, 9.17) is 9.72 Å². The van der Waals surface area contributed by atoms with Gasteiger partial charge in [-0.2, -0.15) is 0 Å². The molecule has 0 aliphatic carbocycles. The Morgan fingerprint density at radius 2 is 1.89 bits per heavy atom. The van der Waals surface area contributed by atoms with Gasteiger partial charge in [-0.25, -0.2) is 4.98 Å².